The minimum absolute atomic E-state index is 0.115. The summed E-state index contributed by atoms with van der Waals surface area (Å²) in [7, 11) is 0. The maximum absolute atomic E-state index is 11.4. The summed E-state index contributed by atoms with van der Waals surface area (Å²) in [5, 5.41) is 2.61. The molecular formula is C22H19NO. The summed E-state index contributed by atoms with van der Waals surface area (Å²) in [5.74, 6) is 0.115. The van der Waals surface area contributed by atoms with Gasteiger partial charge in [-0.05, 0) is 31.0 Å². The van der Waals surface area contributed by atoms with E-state index in [2.05, 4.69) is 65.2 Å². The second-order valence-electron chi connectivity index (χ2n) is 6.19. The summed E-state index contributed by atoms with van der Waals surface area (Å²) in [4.78, 5) is 11.4. The molecule has 1 aromatic heterocycles. The highest BCUT2D eigenvalue weighted by molar-refractivity contribution is 6.07. The van der Waals surface area contributed by atoms with Crippen LogP contribution in [0.4, 0.5) is 0 Å². The number of para-hydroxylation sites is 2. The molecule has 0 unspecified atom stereocenters. The van der Waals surface area contributed by atoms with Gasteiger partial charge < -0.3 is 4.57 Å². The highest BCUT2D eigenvalue weighted by atomic mass is 16.1. The lowest BCUT2D eigenvalue weighted by Gasteiger charge is -2.08. The fraction of sp³-hybridized carbons (Fsp3) is 0.136. The number of rotatable bonds is 4. The van der Waals surface area contributed by atoms with E-state index < -0.39 is 0 Å². The van der Waals surface area contributed by atoms with E-state index in [0.29, 0.717) is 0 Å². The Bertz CT molecular complexity index is 972. The van der Waals surface area contributed by atoms with Crippen LogP contribution in [0.5, 0.6) is 0 Å². The van der Waals surface area contributed by atoms with Gasteiger partial charge in [0.2, 0.25) is 0 Å². The zero-order chi connectivity index (χ0) is 16.5. The number of fused-ring (bicyclic) bond motifs is 3. The topological polar surface area (TPSA) is 22.0 Å². The normalized spacial score (nSPS) is 11.2. The van der Waals surface area contributed by atoms with E-state index in [1.165, 1.54) is 27.4 Å². The van der Waals surface area contributed by atoms with Gasteiger partial charge in [0.1, 0.15) is 0 Å². The van der Waals surface area contributed by atoms with E-state index in [4.69, 9.17) is 0 Å². The van der Waals surface area contributed by atoms with Crippen molar-refractivity contribution < 1.29 is 4.79 Å². The molecule has 118 valence electrons. The molecule has 0 spiro atoms. The number of hydrogen-bond donors (Lipinski definition) is 0. The van der Waals surface area contributed by atoms with Gasteiger partial charge in [0.15, 0.2) is 5.78 Å². The summed E-state index contributed by atoms with van der Waals surface area (Å²) >= 11 is 0. The number of nitrogens with zero attached hydrogens (tertiary/aromatic N) is 1. The van der Waals surface area contributed by atoms with Crippen molar-refractivity contribution in [2.45, 2.75) is 19.9 Å². The van der Waals surface area contributed by atoms with Gasteiger partial charge in [0.25, 0.3) is 0 Å². The average Bonchev–Trinajstić information content (AvgIpc) is 2.94. The van der Waals surface area contributed by atoms with Crippen LogP contribution in [-0.4, -0.2) is 10.4 Å². The summed E-state index contributed by atoms with van der Waals surface area (Å²) < 4.78 is 2.39. The largest absolute Gasteiger partial charge is 0.340 e. The zero-order valence-corrected chi connectivity index (χ0v) is 13.7. The Hall–Kier alpha value is -2.87. The van der Waals surface area contributed by atoms with Crippen LogP contribution in [0.25, 0.3) is 21.8 Å². The van der Waals surface area contributed by atoms with Gasteiger partial charge in [-0.25, -0.2) is 0 Å². The van der Waals surface area contributed by atoms with Crippen molar-refractivity contribution in [1.82, 2.24) is 4.57 Å². The first kappa shape index (κ1) is 14.7. The van der Waals surface area contributed by atoms with Gasteiger partial charge in [0, 0.05) is 33.9 Å². The van der Waals surface area contributed by atoms with Crippen LogP contribution < -0.4 is 0 Å². The van der Waals surface area contributed by atoms with E-state index >= 15 is 0 Å². The number of Topliss-reactive ketones (excluding diaryl/α,β-unsaturated/α-hetero) is 1. The minimum atomic E-state index is 0.115. The van der Waals surface area contributed by atoms with Crippen LogP contribution in [0, 0.1) is 0 Å². The fourth-order valence-electron chi connectivity index (χ4n) is 3.39. The van der Waals surface area contributed by atoms with Gasteiger partial charge >= 0.3 is 0 Å². The average molecular weight is 313 g/mol. The van der Waals surface area contributed by atoms with Crippen molar-refractivity contribution in [3.63, 3.8) is 0 Å². The molecule has 0 aliphatic carbocycles. The Balaban J connectivity index is 1.70. The number of carbonyl (C=O) groups excluding carboxylic acids is 1. The number of ketones is 1. The first-order chi connectivity index (χ1) is 11.7. The molecule has 0 fully saturated rings. The third-order valence-corrected chi connectivity index (χ3v) is 4.66. The quantitative estimate of drug-likeness (QED) is 0.472. The Morgan fingerprint density at radius 3 is 1.88 bits per heavy atom. The predicted octanol–water partition coefficient (Wildman–Crippen LogP) is 5.24. The number of hydrogen-bond acceptors (Lipinski definition) is 1. The predicted molar refractivity (Wildman–Crippen MR) is 99.6 cm³/mol. The van der Waals surface area contributed by atoms with Crippen LogP contribution in [0.1, 0.15) is 22.8 Å². The molecule has 4 aromatic rings. The van der Waals surface area contributed by atoms with Crippen LogP contribution in [0.2, 0.25) is 0 Å². The molecule has 0 saturated carbocycles. The maximum atomic E-state index is 11.4. The number of carbonyl (C=O) groups is 1. The van der Waals surface area contributed by atoms with E-state index in [9.17, 15) is 4.79 Å². The van der Waals surface area contributed by atoms with E-state index in [0.717, 1.165) is 18.5 Å². The molecule has 4 rings (SSSR count). The summed E-state index contributed by atoms with van der Waals surface area (Å²) in [5.41, 5.74) is 4.58. The monoisotopic (exact) mass is 313 g/mol. The third-order valence-electron chi connectivity index (χ3n) is 4.66. The van der Waals surface area contributed by atoms with Gasteiger partial charge in [-0.2, -0.15) is 0 Å². The first-order valence-corrected chi connectivity index (χ1v) is 8.30. The number of benzene rings is 3. The van der Waals surface area contributed by atoms with Gasteiger partial charge in [-0.15, -0.1) is 0 Å². The molecule has 0 bridgehead atoms. The van der Waals surface area contributed by atoms with Crippen LogP contribution >= 0.6 is 0 Å². The second kappa shape index (κ2) is 5.97. The molecule has 0 amide bonds. The Morgan fingerprint density at radius 1 is 0.792 bits per heavy atom. The van der Waals surface area contributed by atoms with Crippen LogP contribution in [0.15, 0.2) is 72.8 Å². The molecule has 0 N–H and O–H groups in total. The first-order valence-electron chi connectivity index (χ1n) is 8.30. The second-order valence-corrected chi connectivity index (χ2v) is 6.19. The number of aryl methyl sites for hydroxylation is 2. The standard InChI is InChI=1S/C22H19NO/c1-16(24)18-12-10-17(11-13-18)14-15-23-21-8-4-2-6-19(21)20-7-3-5-9-22(20)23/h2-13H,14-15H2,1H3. The molecule has 0 atom stereocenters. The summed E-state index contributed by atoms with van der Waals surface area (Å²) in [6.45, 7) is 2.53. The number of aromatic nitrogens is 1. The summed E-state index contributed by atoms with van der Waals surface area (Å²) in [6.07, 6.45) is 0.945. The molecule has 0 aliphatic rings. The van der Waals surface area contributed by atoms with E-state index in [1.807, 2.05) is 12.1 Å². The van der Waals surface area contributed by atoms with Crippen molar-refractivity contribution in [3.05, 3.63) is 83.9 Å². The van der Waals surface area contributed by atoms with Crippen molar-refractivity contribution in [2.24, 2.45) is 0 Å². The van der Waals surface area contributed by atoms with Crippen molar-refractivity contribution >= 4 is 27.6 Å². The van der Waals surface area contributed by atoms with E-state index in [1.54, 1.807) is 6.92 Å². The van der Waals surface area contributed by atoms with Crippen molar-refractivity contribution in [1.29, 1.82) is 0 Å². The smallest absolute Gasteiger partial charge is 0.159 e. The molecule has 0 saturated heterocycles. The Labute approximate surface area is 141 Å². The Morgan fingerprint density at radius 2 is 1.33 bits per heavy atom. The lowest BCUT2D eigenvalue weighted by Crippen LogP contribution is -2.01. The molecule has 0 aliphatic heterocycles. The van der Waals surface area contributed by atoms with Gasteiger partial charge in [-0.1, -0.05) is 60.7 Å². The van der Waals surface area contributed by atoms with Crippen molar-refractivity contribution in [3.8, 4) is 0 Å². The Kier molecular flexibility index (Phi) is 3.66. The lowest BCUT2D eigenvalue weighted by molar-refractivity contribution is 0.101. The third kappa shape index (κ3) is 2.50. The maximum Gasteiger partial charge on any atom is 0.159 e. The zero-order valence-electron chi connectivity index (χ0n) is 13.7. The van der Waals surface area contributed by atoms with Gasteiger partial charge in [-0.3, -0.25) is 4.79 Å². The molecular weight excluding hydrogens is 294 g/mol. The molecule has 3 aromatic carbocycles. The highest BCUT2D eigenvalue weighted by Gasteiger charge is 2.09. The molecule has 0 radical (unpaired) electrons. The van der Waals surface area contributed by atoms with E-state index in [-0.39, 0.29) is 5.78 Å². The molecule has 2 heteroatoms. The highest BCUT2D eigenvalue weighted by Crippen LogP contribution is 2.28. The summed E-state index contributed by atoms with van der Waals surface area (Å²) in [6, 6.07) is 25.1. The molecule has 1 heterocycles. The molecule has 2 nitrogen and oxygen atoms in total. The van der Waals surface area contributed by atoms with Crippen LogP contribution in [-0.2, 0) is 13.0 Å². The lowest BCUT2D eigenvalue weighted by atomic mass is 10.1. The SMILES string of the molecule is CC(=O)c1ccc(CCn2c3ccccc3c3ccccc32)cc1. The van der Waals surface area contributed by atoms with Gasteiger partial charge in [0.05, 0.1) is 0 Å². The van der Waals surface area contributed by atoms with Crippen LogP contribution in [0.3, 0.4) is 0 Å². The fourth-order valence-corrected chi connectivity index (χ4v) is 3.39. The minimum Gasteiger partial charge on any atom is -0.340 e. The molecule has 24 heavy (non-hydrogen) atoms. The van der Waals surface area contributed by atoms with Crippen molar-refractivity contribution in [2.75, 3.05) is 0 Å².